The molecule has 0 amide bonds. The summed E-state index contributed by atoms with van der Waals surface area (Å²) >= 11 is 0. The highest BCUT2D eigenvalue weighted by atomic mass is 15.3. The Morgan fingerprint density at radius 3 is 3.15 bits per heavy atom. The van der Waals surface area contributed by atoms with E-state index in [0.29, 0.717) is 0 Å². The molecule has 13 heavy (non-hydrogen) atoms. The van der Waals surface area contributed by atoms with Crippen molar-refractivity contribution >= 4 is 0 Å². The van der Waals surface area contributed by atoms with Crippen LogP contribution in [0.15, 0.2) is 6.33 Å². The lowest BCUT2D eigenvalue weighted by molar-refractivity contribution is 0.589. The van der Waals surface area contributed by atoms with Gasteiger partial charge in [0.25, 0.3) is 0 Å². The average Bonchev–Trinajstić information content (AvgIpc) is 2.84. The summed E-state index contributed by atoms with van der Waals surface area (Å²) in [7, 11) is 0. The number of nitrogens with zero attached hydrogens (tertiary/aromatic N) is 3. The van der Waals surface area contributed by atoms with Gasteiger partial charge in [0.05, 0.1) is 0 Å². The van der Waals surface area contributed by atoms with Crippen LogP contribution in [-0.2, 0) is 13.0 Å². The maximum Gasteiger partial charge on any atom is 0.138 e. The van der Waals surface area contributed by atoms with E-state index in [9.17, 15) is 0 Å². The molecule has 1 heterocycles. The zero-order valence-corrected chi connectivity index (χ0v) is 8.03. The average molecular weight is 180 g/mol. The fourth-order valence-electron chi connectivity index (χ4n) is 1.42. The van der Waals surface area contributed by atoms with Crippen LogP contribution < -0.4 is 5.32 Å². The molecule has 4 heteroatoms. The predicted molar refractivity (Wildman–Crippen MR) is 50.4 cm³/mol. The monoisotopic (exact) mass is 180 g/mol. The van der Waals surface area contributed by atoms with Gasteiger partial charge < -0.3 is 5.32 Å². The van der Waals surface area contributed by atoms with Crippen molar-refractivity contribution in [2.75, 3.05) is 6.54 Å². The summed E-state index contributed by atoms with van der Waals surface area (Å²) in [6.45, 7) is 4.04. The maximum atomic E-state index is 4.22. The lowest BCUT2D eigenvalue weighted by atomic mass is 10.4. The first-order valence-corrected chi connectivity index (χ1v) is 5.00. The van der Waals surface area contributed by atoms with E-state index in [1.807, 2.05) is 4.68 Å². The summed E-state index contributed by atoms with van der Waals surface area (Å²) in [5, 5.41) is 7.59. The number of hydrogen-bond acceptors (Lipinski definition) is 3. The molecule has 0 radical (unpaired) electrons. The topological polar surface area (TPSA) is 42.7 Å². The first kappa shape index (κ1) is 8.69. The number of hydrogen-bond donors (Lipinski definition) is 1. The van der Waals surface area contributed by atoms with Crippen molar-refractivity contribution in [2.24, 2.45) is 0 Å². The molecule has 0 spiro atoms. The quantitative estimate of drug-likeness (QED) is 0.721. The Hall–Kier alpha value is -0.900. The van der Waals surface area contributed by atoms with Gasteiger partial charge in [0.1, 0.15) is 12.2 Å². The Morgan fingerprint density at radius 2 is 2.46 bits per heavy atom. The Labute approximate surface area is 78.4 Å². The fraction of sp³-hybridized carbons (Fsp3) is 0.778. The second-order valence-corrected chi connectivity index (χ2v) is 3.47. The third kappa shape index (κ3) is 2.28. The van der Waals surface area contributed by atoms with Crippen molar-refractivity contribution in [1.82, 2.24) is 20.1 Å². The Kier molecular flexibility index (Phi) is 2.59. The molecule has 72 valence electrons. The van der Waals surface area contributed by atoms with Gasteiger partial charge in [-0.15, -0.1) is 0 Å². The molecular formula is C9H16N4. The SMILES string of the molecule is CCn1ncnc1CCNC1CC1. The highest BCUT2D eigenvalue weighted by molar-refractivity contribution is 4.87. The molecule has 1 aliphatic rings. The Morgan fingerprint density at radius 1 is 1.62 bits per heavy atom. The number of aromatic nitrogens is 3. The smallest absolute Gasteiger partial charge is 0.138 e. The largest absolute Gasteiger partial charge is 0.314 e. The normalized spacial score (nSPS) is 16.4. The van der Waals surface area contributed by atoms with Crippen LogP contribution in [0.3, 0.4) is 0 Å². The molecule has 2 rings (SSSR count). The third-order valence-corrected chi connectivity index (χ3v) is 2.35. The van der Waals surface area contributed by atoms with Crippen LogP contribution in [0.1, 0.15) is 25.6 Å². The molecule has 4 nitrogen and oxygen atoms in total. The van der Waals surface area contributed by atoms with Crippen molar-refractivity contribution in [1.29, 1.82) is 0 Å². The summed E-state index contributed by atoms with van der Waals surface area (Å²) < 4.78 is 1.95. The summed E-state index contributed by atoms with van der Waals surface area (Å²) in [6.07, 6.45) is 5.32. The van der Waals surface area contributed by atoms with E-state index in [0.717, 1.165) is 31.4 Å². The molecule has 1 N–H and O–H groups in total. The van der Waals surface area contributed by atoms with E-state index in [2.05, 4.69) is 22.3 Å². The molecule has 0 unspecified atom stereocenters. The van der Waals surface area contributed by atoms with Gasteiger partial charge in [-0.05, 0) is 19.8 Å². The van der Waals surface area contributed by atoms with Gasteiger partial charge in [0.15, 0.2) is 0 Å². The molecule has 0 bridgehead atoms. The second kappa shape index (κ2) is 3.87. The molecule has 0 saturated heterocycles. The summed E-state index contributed by atoms with van der Waals surface area (Å²) in [5.74, 6) is 1.09. The van der Waals surface area contributed by atoms with Gasteiger partial charge in [-0.3, -0.25) is 4.68 Å². The van der Waals surface area contributed by atoms with Crippen LogP contribution in [-0.4, -0.2) is 27.4 Å². The van der Waals surface area contributed by atoms with Crippen molar-refractivity contribution in [3.05, 3.63) is 12.2 Å². The van der Waals surface area contributed by atoms with E-state index < -0.39 is 0 Å². The zero-order chi connectivity index (χ0) is 9.10. The highest BCUT2D eigenvalue weighted by Crippen LogP contribution is 2.18. The van der Waals surface area contributed by atoms with Crippen LogP contribution in [0, 0.1) is 0 Å². The van der Waals surface area contributed by atoms with E-state index in [1.54, 1.807) is 6.33 Å². The molecule has 1 aromatic heterocycles. The van der Waals surface area contributed by atoms with E-state index >= 15 is 0 Å². The molecule has 1 aromatic rings. The number of nitrogens with one attached hydrogen (secondary N) is 1. The van der Waals surface area contributed by atoms with Gasteiger partial charge in [-0.2, -0.15) is 5.10 Å². The minimum Gasteiger partial charge on any atom is -0.314 e. The number of rotatable bonds is 5. The first-order chi connectivity index (χ1) is 6.40. The summed E-state index contributed by atoms with van der Waals surface area (Å²) in [6, 6.07) is 0.790. The maximum absolute atomic E-state index is 4.22. The fourth-order valence-corrected chi connectivity index (χ4v) is 1.42. The second-order valence-electron chi connectivity index (χ2n) is 3.47. The van der Waals surface area contributed by atoms with Crippen LogP contribution >= 0.6 is 0 Å². The van der Waals surface area contributed by atoms with Crippen LogP contribution in [0.2, 0.25) is 0 Å². The molecule has 1 saturated carbocycles. The van der Waals surface area contributed by atoms with Gasteiger partial charge in [-0.25, -0.2) is 4.98 Å². The van der Waals surface area contributed by atoms with Crippen LogP contribution in [0.25, 0.3) is 0 Å². The van der Waals surface area contributed by atoms with Crippen molar-refractivity contribution < 1.29 is 0 Å². The Balaban J connectivity index is 1.78. The third-order valence-electron chi connectivity index (χ3n) is 2.35. The van der Waals surface area contributed by atoms with Crippen molar-refractivity contribution in [3.63, 3.8) is 0 Å². The van der Waals surface area contributed by atoms with Gasteiger partial charge in [0, 0.05) is 25.6 Å². The molecule has 1 aliphatic carbocycles. The summed E-state index contributed by atoms with van der Waals surface area (Å²) in [4.78, 5) is 4.22. The number of aryl methyl sites for hydroxylation is 1. The van der Waals surface area contributed by atoms with E-state index in [4.69, 9.17) is 0 Å². The molecule has 0 aliphatic heterocycles. The minimum absolute atomic E-state index is 0.790. The van der Waals surface area contributed by atoms with Crippen molar-refractivity contribution in [2.45, 2.75) is 38.8 Å². The lowest BCUT2D eigenvalue weighted by Gasteiger charge is -2.03. The molecular weight excluding hydrogens is 164 g/mol. The summed E-state index contributed by atoms with van der Waals surface area (Å²) in [5.41, 5.74) is 0. The highest BCUT2D eigenvalue weighted by Gasteiger charge is 2.19. The van der Waals surface area contributed by atoms with E-state index in [1.165, 1.54) is 12.8 Å². The molecule has 0 atom stereocenters. The lowest BCUT2D eigenvalue weighted by Crippen LogP contribution is -2.21. The van der Waals surface area contributed by atoms with Gasteiger partial charge >= 0.3 is 0 Å². The van der Waals surface area contributed by atoms with Crippen LogP contribution in [0.4, 0.5) is 0 Å². The van der Waals surface area contributed by atoms with Crippen molar-refractivity contribution in [3.8, 4) is 0 Å². The minimum atomic E-state index is 0.790. The van der Waals surface area contributed by atoms with Crippen LogP contribution in [0.5, 0.6) is 0 Å². The van der Waals surface area contributed by atoms with Gasteiger partial charge in [0.2, 0.25) is 0 Å². The first-order valence-electron chi connectivity index (χ1n) is 5.00. The van der Waals surface area contributed by atoms with Gasteiger partial charge in [-0.1, -0.05) is 0 Å². The standard InChI is InChI=1S/C9H16N4/c1-2-13-9(11-7-12-13)5-6-10-8-3-4-8/h7-8,10H,2-6H2,1H3. The zero-order valence-electron chi connectivity index (χ0n) is 8.03. The Bertz CT molecular complexity index is 264. The predicted octanol–water partition coefficient (Wildman–Crippen LogP) is 0.592. The van der Waals surface area contributed by atoms with E-state index in [-0.39, 0.29) is 0 Å². The molecule has 0 aromatic carbocycles. The molecule has 1 fully saturated rings.